The summed E-state index contributed by atoms with van der Waals surface area (Å²) in [5.41, 5.74) is 1.22. The molecule has 14 heavy (non-hydrogen) atoms. The van der Waals surface area contributed by atoms with E-state index in [1.807, 2.05) is 20.4 Å². The fraction of sp³-hybridized carbons (Fsp3) is 0.636. The molecule has 80 valence electrons. The van der Waals surface area contributed by atoms with Gasteiger partial charge in [0.15, 0.2) is 0 Å². The van der Waals surface area contributed by atoms with Gasteiger partial charge in [0, 0.05) is 18.2 Å². The lowest BCUT2D eigenvalue weighted by atomic mass is 10.3. The van der Waals surface area contributed by atoms with E-state index in [4.69, 9.17) is 4.42 Å². The summed E-state index contributed by atoms with van der Waals surface area (Å²) in [4.78, 5) is 2.10. The van der Waals surface area contributed by atoms with Crippen molar-refractivity contribution in [2.75, 3.05) is 14.1 Å². The minimum atomic E-state index is 0.516. The van der Waals surface area contributed by atoms with Crippen molar-refractivity contribution >= 4 is 0 Å². The van der Waals surface area contributed by atoms with Gasteiger partial charge in [-0.25, -0.2) is 0 Å². The molecule has 1 N–H and O–H groups in total. The molecule has 1 aromatic rings. The summed E-state index contributed by atoms with van der Waals surface area (Å²) in [5, 5.41) is 3.35. The molecule has 0 saturated heterocycles. The summed E-state index contributed by atoms with van der Waals surface area (Å²) in [6, 6.07) is 2.62. The Balaban J connectivity index is 2.42. The van der Waals surface area contributed by atoms with Crippen molar-refractivity contribution in [3.63, 3.8) is 0 Å². The minimum absolute atomic E-state index is 0.516. The van der Waals surface area contributed by atoms with Gasteiger partial charge < -0.3 is 14.6 Å². The Morgan fingerprint density at radius 3 is 2.71 bits per heavy atom. The predicted octanol–water partition coefficient (Wildman–Crippen LogP) is 1.84. The van der Waals surface area contributed by atoms with Crippen LogP contribution in [0.5, 0.6) is 0 Å². The average Bonchev–Trinajstić information content (AvgIpc) is 2.47. The van der Waals surface area contributed by atoms with E-state index in [0.29, 0.717) is 6.04 Å². The fourth-order valence-electron chi connectivity index (χ4n) is 1.24. The summed E-state index contributed by atoms with van der Waals surface area (Å²) in [7, 11) is 4.07. The van der Waals surface area contributed by atoms with Crippen LogP contribution in [0.2, 0.25) is 0 Å². The summed E-state index contributed by atoms with van der Waals surface area (Å²) < 4.78 is 5.43. The van der Waals surface area contributed by atoms with Gasteiger partial charge in [0.25, 0.3) is 0 Å². The van der Waals surface area contributed by atoms with Gasteiger partial charge in [-0.1, -0.05) is 13.8 Å². The molecule has 0 aliphatic rings. The molecule has 0 aromatic carbocycles. The van der Waals surface area contributed by atoms with Crippen molar-refractivity contribution in [2.45, 2.75) is 33.0 Å². The maximum atomic E-state index is 5.43. The number of hydrogen-bond donors (Lipinski definition) is 1. The Hall–Kier alpha value is -0.800. The molecular weight excluding hydrogens is 176 g/mol. The van der Waals surface area contributed by atoms with Crippen molar-refractivity contribution in [1.29, 1.82) is 0 Å². The van der Waals surface area contributed by atoms with Gasteiger partial charge in [-0.2, -0.15) is 0 Å². The van der Waals surface area contributed by atoms with Crippen LogP contribution in [0.1, 0.15) is 25.2 Å². The minimum Gasteiger partial charge on any atom is -0.468 e. The Morgan fingerprint density at radius 1 is 1.43 bits per heavy atom. The van der Waals surface area contributed by atoms with E-state index >= 15 is 0 Å². The Kier molecular flexibility index (Phi) is 4.17. The topological polar surface area (TPSA) is 28.4 Å². The first kappa shape index (κ1) is 11.3. The molecule has 3 heteroatoms. The third-order valence-electron chi connectivity index (χ3n) is 1.89. The second-order valence-corrected chi connectivity index (χ2v) is 4.19. The zero-order chi connectivity index (χ0) is 10.6. The monoisotopic (exact) mass is 196 g/mol. The highest BCUT2D eigenvalue weighted by atomic mass is 16.3. The number of hydrogen-bond acceptors (Lipinski definition) is 3. The fourth-order valence-corrected chi connectivity index (χ4v) is 1.24. The number of furan rings is 1. The van der Waals surface area contributed by atoms with E-state index < -0.39 is 0 Å². The normalized spacial score (nSPS) is 11.6. The molecule has 0 bridgehead atoms. The van der Waals surface area contributed by atoms with E-state index in [-0.39, 0.29) is 0 Å². The lowest BCUT2D eigenvalue weighted by Crippen LogP contribution is -2.21. The molecule has 0 unspecified atom stereocenters. The highest BCUT2D eigenvalue weighted by molar-refractivity contribution is 5.12. The van der Waals surface area contributed by atoms with Gasteiger partial charge in [-0.15, -0.1) is 0 Å². The SMILES string of the molecule is CC(C)NCc1coc(CN(C)C)c1. The van der Waals surface area contributed by atoms with Crippen molar-refractivity contribution in [1.82, 2.24) is 10.2 Å². The molecule has 0 spiro atoms. The molecule has 0 amide bonds. The van der Waals surface area contributed by atoms with Gasteiger partial charge in [-0.05, 0) is 20.2 Å². The lowest BCUT2D eigenvalue weighted by Gasteiger charge is -2.06. The first-order chi connectivity index (χ1) is 6.58. The molecule has 0 atom stereocenters. The summed E-state index contributed by atoms with van der Waals surface area (Å²) in [6.45, 7) is 6.03. The van der Waals surface area contributed by atoms with Gasteiger partial charge in [-0.3, -0.25) is 0 Å². The van der Waals surface area contributed by atoms with Crippen LogP contribution in [0.15, 0.2) is 16.7 Å². The van der Waals surface area contributed by atoms with E-state index in [2.05, 4.69) is 30.1 Å². The van der Waals surface area contributed by atoms with Gasteiger partial charge in [0.2, 0.25) is 0 Å². The first-order valence-corrected chi connectivity index (χ1v) is 5.02. The Morgan fingerprint density at radius 2 is 2.14 bits per heavy atom. The molecule has 0 saturated carbocycles. The maximum absolute atomic E-state index is 5.43. The second-order valence-electron chi connectivity index (χ2n) is 4.19. The van der Waals surface area contributed by atoms with Crippen LogP contribution in [-0.4, -0.2) is 25.0 Å². The van der Waals surface area contributed by atoms with E-state index in [0.717, 1.165) is 18.8 Å². The van der Waals surface area contributed by atoms with E-state index in [1.54, 1.807) is 0 Å². The molecule has 3 nitrogen and oxygen atoms in total. The van der Waals surface area contributed by atoms with E-state index in [9.17, 15) is 0 Å². The predicted molar refractivity (Wildman–Crippen MR) is 58.1 cm³/mol. The summed E-state index contributed by atoms with van der Waals surface area (Å²) >= 11 is 0. The molecular formula is C11H20N2O. The quantitative estimate of drug-likeness (QED) is 0.779. The van der Waals surface area contributed by atoms with Crippen molar-refractivity contribution in [3.05, 3.63) is 23.7 Å². The zero-order valence-electron chi connectivity index (χ0n) is 9.50. The van der Waals surface area contributed by atoms with Crippen LogP contribution in [0.4, 0.5) is 0 Å². The molecule has 0 radical (unpaired) electrons. The highest BCUT2D eigenvalue weighted by Gasteiger charge is 2.03. The van der Waals surface area contributed by atoms with Gasteiger partial charge in [0.1, 0.15) is 5.76 Å². The number of nitrogens with one attached hydrogen (secondary N) is 1. The van der Waals surface area contributed by atoms with Crippen LogP contribution in [0.25, 0.3) is 0 Å². The van der Waals surface area contributed by atoms with Crippen LogP contribution >= 0.6 is 0 Å². The smallest absolute Gasteiger partial charge is 0.118 e. The van der Waals surface area contributed by atoms with Crippen molar-refractivity contribution in [3.8, 4) is 0 Å². The molecule has 1 aromatic heterocycles. The number of rotatable bonds is 5. The molecule has 0 aliphatic heterocycles. The van der Waals surface area contributed by atoms with Crippen molar-refractivity contribution < 1.29 is 4.42 Å². The Bertz CT molecular complexity index is 266. The lowest BCUT2D eigenvalue weighted by molar-refractivity contribution is 0.350. The average molecular weight is 196 g/mol. The second kappa shape index (κ2) is 5.17. The largest absolute Gasteiger partial charge is 0.468 e. The molecule has 1 heterocycles. The first-order valence-electron chi connectivity index (χ1n) is 5.02. The molecule has 0 fully saturated rings. The standard InChI is InChI=1S/C11H20N2O/c1-9(2)12-6-10-5-11(14-8-10)7-13(3)4/h5,8-9,12H,6-7H2,1-4H3. The maximum Gasteiger partial charge on any atom is 0.118 e. The molecule has 0 aliphatic carbocycles. The highest BCUT2D eigenvalue weighted by Crippen LogP contribution is 2.09. The van der Waals surface area contributed by atoms with Crippen LogP contribution < -0.4 is 5.32 Å². The van der Waals surface area contributed by atoms with Crippen LogP contribution in [0, 0.1) is 0 Å². The third-order valence-corrected chi connectivity index (χ3v) is 1.89. The van der Waals surface area contributed by atoms with Crippen molar-refractivity contribution in [2.24, 2.45) is 0 Å². The van der Waals surface area contributed by atoms with Crippen LogP contribution in [0.3, 0.4) is 0 Å². The van der Waals surface area contributed by atoms with Crippen LogP contribution in [-0.2, 0) is 13.1 Å². The third kappa shape index (κ3) is 3.94. The van der Waals surface area contributed by atoms with Gasteiger partial charge in [0.05, 0.1) is 12.8 Å². The van der Waals surface area contributed by atoms with E-state index in [1.165, 1.54) is 5.56 Å². The number of nitrogens with zero attached hydrogens (tertiary/aromatic N) is 1. The van der Waals surface area contributed by atoms with Gasteiger partial charge >= 0.3 is 0 Å². The zero-order valence-corrected chi connectivity index (χ0v) is 9.50. The Labute approximate surface area is 86.1 Å². The summed E-state index contributed by atoms with van der Waals surface area (Å²) in [5.74, 6) is 1.02. The summed E-state index contributed by atoms with van der Waals surface area (Å²) in [6.07, 6.45) is 1.83. The molecule has 1 rings (SSSR count).